The molecule has 0 bridgehead atoms. The van der Waals surface area contributed by atoms with Crippen molar-refractivity contribution in [1.82, 2.24) is 10.3 Å². The number of methoxy groups -OCH3 is 1. The highest BCUT2D eigenvalue weighted by atomic mass is 35.5. The highest BCUT2D eigenvalue weighted by molar-refractivity contribution is 6.32. The first-order valence-corrected chi connectivity index (χ1v) is 15.7. The fourth-order valence-electron chi connectivity index (χ4n) is 5.87. The van der Waals surface area contributed by atoms with Gasteiger partial charge in [0.05, 0.1) is 24.3 Å². The minimum Gasteiger partial charge on any atom is -0.488 e. The molecule has 2 aliphatic rings. The number of halogens is 2. The minimum absolute atomic E-state index is 0.0849. The van der Waals surface area contributed by atoms with Crippen molar-refractivity contribution >= 4 is 17.6 Å². The monoisotopic (exact) mass is 673 g/mol. The lowest BCUT2D eigenvalue weighted by Gasteiger charge is -2.26. The first-order valence-electron chi connectivity index (χ1n) is 15.3. The van der Waals surface area contributed by atoms with Gasteiger partial charge < -0.3 is 28.8 Å². The topological polar surface area (TPSA) is 132 Å². The molecule has 2 N–H and O–H groups in total. The Hall–Kier alpha value is -4.89. The van der Waals surface area contributed by atoms with Gasteiger partial charge in [0.15, 0.2) is 17.3 Å². The van der Waals surface area contributed by atoms with E-state index in [0.29, 0.717) is 64.0 Å². The number of pyridine rings is 1. The van der Waals surface area contributed by atoms with Gasteiger partial charge in [0.25, 0.3) is 0 Å². The maximum absolute atomic E-state index is 15.6. The zero-order chi connectivity index (χ0) is 33.8. The first kappa shape index (κ1) is 33.0. The number of carbonyl (C=O) groups excluding carboxylic acids is 1. The molecule has 4 aromatic rings. The zero-order valence-electron chi connectivity index (χ0n) is 26.3. The van der Waals surface area contributed by atoms with Crippen molar-refractivity contribution in [1.29, 1.82) is 5.26 Å². The van der Waals surface area contributed by atoms with Crippen molar-refractivity contribution in [2.75, 3.05) is 26.9 Å². The van der Waals surface area contributed by atoms with E-state index in [2.05, 4.69) is 16.4 Å². The molecule has 0 saturated heterocycles. The van der Waals surface area contributed by atoms with Crippen molar-refractivity contribution < 1.29 is 38.0 Å². The Labute approximate surface area is 281 Å². The van der Waals surface area contributed by atoms with E-state index in [9.17, 15) is 15.2 Å². The summed E-state index contributed by atoms with van der Waals surface area (Å²) in [4.78, 5) is 16.5. The lowest BCUT2D eigenvalue weighted by Crippen LogP contribution is -2.52. The van der Waals surface area contributed by atoms with E-state index in [1.165, 1.54) is 20.2 Å². The van der Waals surface area contributed by atoms with Crippen LogP contribution in [-0.4, -0.2) is 48.5 Å². The number of fused-ring (bicyclic) bond motifs is 2. The number of ether oxygens (including phenoxy) is 5. The molecule has 1 aliphatic heterocycles. The number of aliphatic hydroxyl groups excluding tert-OH is 1. The van der Waals surface area contributed by atoms with Gasteiger partial charge in [0.1, 0.15) is 49.0 Å². The molecule has 0 amide bonds. The van der Waals surface area contributed by atoms with Gasteiger partial charge in [-0.15, -0.1) is 0 Å². The highest BCUT2D eigenvalue weighted by Crippen LogP contribution is 2.45. The van der Waals surface area contributed by atoms with E-state index in [0.717, 1.165) is 16.7 Å². The molecule has 0 radical (unpaired) electrons. The molecule has 2 atom stereocenters. The molecular weight excluding hydrogens is 641 g/mol. The molecule has 3 aromatic carbocycles. The molecule has 1 aliphatic carbocycles. The van der Waals surface area contributed by atoms with E-state index in [4.69, 9.17) is 35.3 Å². The van der Waals surface area contributed by atoms with E-state index in [1.54, 1.807) is 36.5 Å². The number of rotatable bonds is 11. The summed E-state index contributed by atoms with van der Waals surface area (Å²) >= 11 is 6.78. The number of nitrogens with zero attached hydrogens (tertiary/aromatic N) is 2. The molecule has 6 rings (SSSR count). The molecule has 2 heterocycles. The Kier molecular flexibility index (Phi) is 9.68. The van der Waals surface area contributed by atoms with Crippen molar-refractivity contribution in [3.63, 3.8) is 0 Å². The lowest BCUT2D eigenvalue weighted by atomic mass is 9.96. The van der Waals surface area contributed by atoms with Gasteiger partial charge in [-0.05, 0) is 60.7 Å². The first-order chi connectivity index (χ1) is 23.2. The van der Waals surface area contributed by atoms with Gasteiger partial charge in [-0.25, -0.2) is 9.18 Å². The second-order valence-electron chi connectivity index (χ2n) is 11.7. The van der Waals surface area contributed by atoms with Crippen LogP contribution in [0, 0.1) is 17.1 Å². The highest BCUT2D eigenvalue weighted by Gasteiger charge is 2.34. The number of nitrogens with one attached hydrogen (secondary N) is 1. The standard InChI is InChI=1S/C36H33ClFN3O7/c1-36(20-42,35(43)44-2)41-18-23-13-28(37)32(14-31(23)47-19-22-12-21(15-39)16-40-17-22)48-29-8-6-25-24(4-3-5-26(25)29)27-7-9-30-34(33(27)38)46-11-10-45-30/h3-5,7,9,12-14,16-17,29,41-42H,6,8,10-11,18-20H2,1-2H3/t29-,36?/m0/s1. The van der Waals surface area contributed by atoms with Crippen molar-refractivity contribution in [2.24, 2.45) is 0 Å². The van der Waals surface area contributed by atoms with Crippen LogP contribution in [0.1, 0.15) is 47.3 Å². The van der Waals surface area contributed by atoms with Gasteiger partial charge in [0, 0.05) is 41.7 Å². The summed E-state index contributed by atoms with van der Waals surface area (Å²) in [6.45, 7) is 1.86. The fourth-order valence-corrected chi connectivity index (χ4v) is 6.10. The fraction of sp³-hybridized carbons (Fsp3) is 0.306. The van der Waals surface area contributed by atoms with Gasteiger partial charge >= 0.3 is 5.97 Å². The number of esters is 1. The Morgan fingerprint density at radius 2 is 2.00 bits per heavy atom. The molecule has 0 saturated carbocycles. The summed E-state index contributed by atoms with van der Waals surface area (Å²) in [5.74, 6) is 0.193. The van der Waals surface area contributed by atoms with Crippen molar-refractivity contribution in [3.05, 3.63) is 99.6 Å². The second kappa shape index (κ2) is 14.1. The number of aromatic nitrogens is 1. The predicted octanol–water partition coefficient (Wildman–Crippen LogP) is 5.84. The Morgan fingerprint density at radius 3 is 2.79 bits per heavy atom. The molecule has 48 heavy (non-hydrogen) atoms. The van der Waals surface area contributed by atoms with Crippen molar-refractivity contribution in [2.45, 2.75) is 44.6 Å². The largest absolute Gasteiger partial charge is 0.488 e. The summed E-state index contributed by atoms with van der Waals surface area (Å²) in [5.41, 5.74) is 3.36. The lowest BCUT2D eigenvalue weighted by molar-refractivity contribution is -0.149. The summed E-state index contributed by atoms with van der Waals surface area (Å²) in [6.07, 6.45) is 3.98. The summed E-state index contributed by atoms with van der Waals surface area (Å²) in [6, 6.07) is 16.3. The van der Waals surface area contributed by atoms with Crippen LogP contribution in [0.4, 0.5) is 4.39 Å². The van der Waals surface area contributed by atoms with Gasteiger partial charge in [-0.1, -0.05) is 29.8 Å². The summed E-state index contributed by atoms with van der Waals surface area (Å²) in [7, 11) is 1.25. The minimum atomic E-state index is -1.37. The Bertz CT molecular complexity index is 1900. The third kappa shape index (κ3) is 6.60. The van der Waals surface area contributed by atoms with Crippen LogP contribution in [0.2, 0.25) is 5.02 Å². The number of hydrogen-bond donors (Lipinski definition) is 2. The molecule has 12 heteroatoms. The summed E-state index contributed by atoms with van der Waals surface area (Å²) < 4.78 is 44.3. The summed E-state index contributed by atoms with van der Waals surface area (Å²) in [5, 5.41) is 22.6. The molecule has 1 aromatic heterocycles. The van der Waals surface area contributed by atoms with Crippen LogP contribution in [0.5, 0.6) is 23.0 Å². The van der Waals surface area contributed by atoms with Crippen LogP contribution in [0.25, 0.3) is 11.1 Å². The second-order valence-corrected chi connectivity index (χ2v) is 12.1. The smallest absolute Gasteiger partial charge is 0.328 e. The third-order valence-corrected chi connectivity index (χ3v) is 8.77. The molecule has 248 valence electrons. The normalized spacial score (nSPS) is 16.0. The number of aliphatic hydroxyl groups is 1. The number of hydrogen-bond acceptors (Lipinski definition) is 10. The van der Waals surface area contributed by atoms with Crippen LogP contribution in [-0.2, 0) is 29.1 Å². The number of benzene rings is 3. The van der Waals surface area contributed by atoms with Gasteiger partial charge in [0.2, 0.25) is 0 Å². The van der Waals surface area contributed by atoms with Crippen LogP contribution < -0.4 is 24.3 Å². The van der Waals surface area contributed by atoms with Crippen LogP contribution in [0.3, 0.4) is 0 Å². The maximum Gasteiger partial charge on any atom is 0.328 e. The average Bonchev–Trinajstić information content (AvgIpc) is 3.53. The van der Waals surface area contributed by atoms with E-state index in [1.807, 2.05) is 18.2 Å². The third-order valence-electron chi connectivity index (χ3n) is 8.48. The molecule has 0 spiro atoms. The number of nitriles is 1. The van der Waals surface area contributed by atoms with Gasteiger partial charge in [-0.3, -0.25) is 10.3 Å². The van der Waals surface area contributed by atoms with Crippen molar-refractivity contribution in [3.8, 4) is 40.2 Å². The zero-order valence-corrected chi connectivity index (χ0v) is 27.1. The average molecular weight is 674 g/mol. The Balaban J connectivity index is 1.29. The molecule has 1 unspecified atom stereocenters. The van der Waals surface area contributed by atoms with E-state index in [-0.39, 0.29) is 31.6 Å². The van der Waals surface area contributed by atoms with E-state index < -0.39 is 23.9 Å². The molecule has 0 fully saturated rings. The number of carbonyl (C=O) groups is 1. The SMILES string of the molecule is COC(=O)C(C)(CO)NCc1cc(Cl)c(O[C@H]2CCc3c(-c4ccc5c(c4F)OCCO5)cccc32)cc1OCc1cncc(C#N)c1. The van der Waals surface area contributed by atoms with E-state index >= 15 is 4.39 Å². The maximum atomic E-state index is 15.6. The predicted molar refractivity (Wildman–Crippen MR) is 174 cm³/mol. The molecule has 10 nitrogen and oxygen atoms in total. The van der Waals surface area contributed by atoms with Crippen LogP contribution >= 0.6 is 11.6 Å². The Morgan fingerprint density at radius 1 is 1.17 bits per heavy atom. The van der Waals surface area contributed by atoms with Gasteiger partial charge in [-0.2, -0.15) is 5.26 Å². The molecular formula is C36H33ClFN3O7. The quantitative estimate of drug-likeness (QED) is 0.187. The van der Waals surface area contributed by atoms with Crippen LogP contribution in [0.15, 0.2) is 60.9 Å².